The van der Waals surface area contributed by atoms with Crippen LogP contribution in [0.15, 0.2) is 36.4 Å². The SMILES string of the molecule is CC(N)c1ccc2ccccc2n1.Cl.Cl. The van der Waals surface area contributed by atoms with Gasteiger partial charge in [0.2, 0.25) is 0 Å². The third kappa shape index (κ3) is 3.06. The molecule has 1 unspecified atom stereocenters. The topological polar surface area (TPSA) is 38.9 Å². The van der Waals surface area contributed by atoms with E-state index in [1.807, 2.05) is 37.3 Å². The van der Waals surface area contributed by atoms with Crippen LogP contribution in [0.1, 0.15) is 18.7 Å². The maximum Gasteiger partial charge on any atom is 0.0706 e. The highest BCUT2D eigenvalue weighted by Gasteiger charge is 2.01. The molecule has 1 aromatic heterocycles. The number of halogens is 2. The summed E-state index contributed by atoms with van der Waals surface area (Å²) in [5.41, 5.74) is 7.70. The summed E-state index contributed by atoms with van der Waals surface area (Å²) >= 11 is 0. The van der Waals surface area contributed by atoms with Crippen molar-refractivity contribution in [3.8, 4) is 0 Å². The minimum atomic E-state index is 0. The van der Waals surface area contributed by atoms with E-state index in [1.165, 1.54) is 0 Å². The van der Waals surface area contributed by atoms with Crippen LogP contribution in [0.5, 0.6) is 0 Å². The summed E-state index contributed by atoms with van der Waals surface area (Å²) in [6.45, 7) is 1.94. The van der Waals surface area contributed by atoms with Crippen LogP contribution in [-0.2, 0) is 0 Å². The average molecular weight is 245 g/mol. The third-order valence-electron chi connectivity index (χ3n) is 2.09. The monoisotopic (exact) mass is 244 g/mol. The molecule has 2 N–H and O–H groups in total. The Balaban J connectivity index is 0.000000980. The van der Waals surface area contributed by atoms with Crippen LogP contribution in [0.3, 0.4) is 0 Å². The lowest BCUT2D eigenvalue weighted by Gasteiger charge is -2.05. The summed E-state index contributed by atoms with van der Waals surface area (Å²) < 4.78 is 0. The lowest BCUT2D eigenvalue weighted by atomic mass is 10.1. The fourth-order valence-corrected chi connectivity index (χ4v) is 1.34. The molecule has 2 nitrogen and oxygen atoms in total. The third-order valence-corrected chi connectivity index (χ3v) is 2.09. The molecule has 2 rings (SSSR count). The molecule has 1 atom stereocenters. The van der Waals surface area contributed by atoms with Gasteiger partial charge < -0.3 is 5.73 Å². The van der Waals surface area contributed by atoms with Crippen molar-refractivity contribution in [3.63, 3.8) is 0 Å². The van der Waals surface area contributed by atoms with Crippen LogP contribution >= 0.6 is 24.8 Å². The van der Waals surface area contributed by atoms with Gasteiger partial charge in [0, 0.05) is 11.4 Å². The largest absolute Gasteiger partial charge is 0.323 e. The molecule has 1 heterocycles. The van der Waals surface area contributed by atoms with Gasteiger partial charge in [0.05, 0.1) is 11.2 Å². The standard InChI is InChI=1S/C11H12N2.2ClH/c1-8(12)10-7-6-9-4-2-3-5-11(9)13-10;;/h2-8H,12H2,1H3;2*1H. The van der Waals surface area contributed by atoms with Crippen molar-refractivity contribution in [3.05, 3.63) is 42.1 Å². The number of rotatable bonds is 1. The maximum absolute atomic E-state index is 5.74. The van der Waals surface area contributed by atoms with Gasteiger partial charge in [-0.25, -0.2) is 0 Å². The van der Waals surface area contributed by atoms with Gasteiger partial charge in [0.1, 0.15) is 0 Å². The summed E-state index contributed by atoms with van der Waals surface area (Å²) in [7, 11) is 0. The predicted molar refractivity (Wildman–Crippen MR) is 68.8 cm³/mol. The Hall–Kier alpha value is -0.830. The molecular weight excluding hydrogens is 231 g/mol. The Bertz CT molecular complexity index is 430. The first-order valence-electron chi connectivity index (χ1n) is 4.38. The quantitative estimate of drug-likeness (QED) is 0.838. The Morgan fingerprint density at radius 2 is 1.73 bits per heavy atom. The highest BCUT2D eigenvalue weighted by molar-refractivity contribution is 5.85. The van der Waals surface area contributed by atoms with E-state index in [0.29, 0.717) is 0 Å². The zero-order valence-electron chi connectivity index (χ0n) is 8.38. The van der Waals surface area contributed by atoms with Gasteiger partial charge in [-0.05, 0) is 19.1 Å². The van der Waals surface area contributed by atoms with Gasteiger partial charge >= 0.3 is 0 Å². The van der Waals surface area contributed by atoms with Crippen LogP contribution in [0.2, 0.25) is 0 Å². The van der Waals surface area contributed by atoms with Crippen LogP contribution in [0.25, 0.3) is 10.9 Å². The van der Waals surface area contributed by atoms with Crippen molar-refractivity contribution in [2.45, 2.75) is 13.0 Å². The molecule has 0 bridgehead atoms. The maximum atomic E-state index is 5.74. The van der Waals surface area contributed by atoms with E-state index in [-0.39, 0.29) is 30.9 Å². The second-order valence-corrected chi connectivity index (χ2v) is 3.22. The molecule has 0 aliphatic rings. The summed E-state index contributed by atoms with van der Waals surface area (Å²) in [6, 6.07) is 12.1. The molecule has 4 heteroatoms. The number of para-hydroxylation sites is 1. The van der Waals surface area contributed by atoms with E-state index in [0.717, 1.165) is 16.6 Å². The zero-order valence-corrected chi connectivity index (χ0v) is 10.0. The summed E-state index contributed by atoms with van der Waals surface area (Å²) in [5.74, 6) is 0. The van der Waals surface area contributed by atoms with Crippen LogP contribution in [0.4, 0.5) is 0 Å². The van der Waals surface area contributed by atoms with E-state index in [4.69, 9.17) is 5.73 Å². The molecule has 2 aromatic rings. The molecule has 0 saturated carbocycles. The zero-order chi connectivity index (χ0) is 9.26. The molecule has 15 heavy (non-hydrogen) atoms. The molecule has 0 saturated heterocycles. The van der Waals surface area contributed by atoms with E-state index in [2.05, 4.69) is 11.1 Å². The lowest BCUT2D eigenvalue weighted by Crippen LogP contribution is -2.06. The van der Waals surface area contributed by atoms with Gasteiger partial charge in [-0.2, -0.15) is 0 Å². The molecule has 0 radical (unpaired) electrons. The molecule has 1 aromatic carbocycles. The summed E-state index contributed by atoms with van der Waals surface area (Å²) in [6.07, 6.45) is 0. The summed E-state index contributed by atoms with van der Waals surface area (Å²) in [4.78, 5) is 4.45. The molecule has 0 aliphatic heterocycles. The number of nitrogens with two attached hydrogens (primary N) is 1. The molecule has 0 spiro atoms. The number of aromatic nitrogens is 1. The van der Waals surface area contributed by atoms with E-state index >= 15 is 0 Å². The average Bonchev–Trinajstić information content (AvgIpc) is 2.17. The number of fused-ring (bicyclic) bond motifs is 1. The highest BCUT2D eigenvalue weighted by atomic mass is 35.5. The van der Waals surface area contributed by atoms with Gasteiger partial charge in [-0.3, -0.25) is 4.98 Å². The normalized spacial score (nSPS) is 11.3. The van der Waals surface area contributed by atoms with Crippen molar-refractivity contribution < 1.29 is 0 Å². The molecule has 0 fully saturated rings. The fourth-order valence-electron chi connectivity index (χ4n) is 1.34. The highest BCUT2D eigenvalue weighted by Crippen LogP contribution is 2.14. The van der Waals surface area contributed by atoms with Crippen molar-refractivity contribution in [2.75, 3.05) is 0 Å². The fraction of sp³-hybridized carbons (Fsp3) is 0.182. The number of hydrogen-bond acceptors (Lipinski definition) is 2. The van der Waals surface area contributed by atoms with Crippen molar-refractivity contribution in [1.82, 2.24) is 4.98 Å². The first-order valence-corrected chi connectivity index (χ1v) is 4.38. The van der Waals surface area contributed by atoms with Gasteiger partial charge in [0.25, 0.3) is 0 Å². The Kier molecular flexibility index (Phi) is 5.58. The van der Waals surface area contributed by atoms with Crippen molar-refractivity contribution in [2.24, 2.45) is 5.73 Å². The Morgan fingerprint density at radius 3 is 2.40 bits per heavy atom. The minimum absolute atomic E-state index is 0. The second-order valence-electron chi connectivity index (χ2n) is 3.22. The predicted octanol–water partition coefficient (Wildman–Crippen LogP) is 3.10. The smallest absolute Gasteiger partial charge is 0.0706 e. The number of benzene rings is 1. The van der Waals surface area contributed by atoms with Crippen molar-refractivity contribution >= 4 is 35.7 Å². The van der Waals surface area contributed by atoms with E-state index in [9.17, 15) is 0 Å². The first kappa shape index (κ1) is 14.2. The van der Waals surface area contributed by atoms with Crippen molar-refractivity contribution in [1.29, 1.82) is 0 Å². The molecular formula is C11H14Cl2N2. The molecule has 82 valence electrons. The summed E-state index contributed by atoms with van der Waals surface area (Å²) in [5, 5.41) is 1.16. The Morgan fingerprint density at radius 1 is 1.07 bits per heavy atom. The number of hydrogen-bond donors (Lipinski definition) is 1. The van der Waals surface area contributed by atoms with Gasteiger partial charge in [0.15, 0.2) is 0 Å². The van der Waals surface area contributed by atoms with Crippen LogP contribution in [0, 0.1) is 0 Å². The van der Waals surface area contributed by atoms with Crippen LogP contribution in [-0.4, -0.2) is 4.98 Å². The van der Waals surface area contributed by atoms with Gasteiger partial charge in [-0.1, -0.05) is 24.3 Å². The Labute approximate surface area is 102 Å². The number of nitrogens with zero attached hydrogens (tertiary/aromatic N) is 1. The van der Waals surface area contributed by atoms with E-state index in [1.54, 1.807) is 0 Å². The second kappa shape index (κ2) is 5.91. The lowest BCUT2D eigenvalue weighted by molar-refractivity contribution is 0.787. The molecule has 0 amide bonds. The molecule has 0 aliphatic carbocycles. The first-order chi connectivity index (χ1) is 6.27. The van der Waals surface area contributed by atoms with E-state index < -0.39 is 0 Å². The van der Waals surface area contributed by atoms with Crippen LogP contribution < -0.4 is 5.73 Å². The van der Waals surface area contributed by atoms with Gasteiger partial charge in [-0.15, -0.1) is 24.8 Å². The number of pyridine rings is 1. The minimum Gasteiger partial charge on any atom is -0.323 e.